The van der Waals surface area contributed by atoms with Crippen molar-refractivity contribution in [1.29, 1.82) is 0 Å². The van der Waals surface area contributed by atoms with Crippen LogP contribution in [0.4, 0.5) is 0 Å². The standard InChI is InChI=1S/C15H24ClNO2S2/c1-3-9-17-14(7-5-10-21(2,18)19)12-20-15-8-4-6-13(16)11-15/h4,6,8,11,14,17H,3,5,7,9-10,12H2,1-2H3. The molecule has 0 aromatic heterocycles. The van der Waals surface area contributed by atoms with Crippen LogP contribution in [0.2, 0.25) is 5.02 Å². The van der Waals surface area contributed by atoms with Crippen molar-refractivity contribution in [3.05, 3.63) is 29.3 Å². The predicted molar refractivity (Wildman–Crippen MR) is 93.2 cm³/mol. The van der Waals surface area contributed by atoms with E-state index in [1.807, 2.05) is 24.3 Å². The van der Waals surface area contributed by atoms with Crippen LogP contribution in [0.1, 0.15) is 26.2 Å². The van der Waals surface area contributed by atoms with Crippen molar-refractivity contribution < 1.29 is 8.42 Å². The molecule has 1 atom stereocenters. The highest BCUT2D eigenvalue weighted by Crippen LogP contribution is 2.23. The number of halogens is 1. The smallest absolute Gasteiger partial charge is 0.147 e. The van der Waals surface area contributed by atoms with E-state index in [-0.39, 0.29) is 5.75 Å². The number of benzene rings is 1. The molecule has 1 aromatic carbocycles. The maximum Gasteiger partial charge on any atom is 0.147 e. The molecule has 3 nitrogen and oxygen atoms in total. The first-order valence-electron chi connectivity index (χ1n) is 7.20. The fourth-order valence-electron chi connectivity index (χ4n) is 1.94. The summed E-state index contributed by atoms with van der Waals surface area (Å²) in [5.41, 5.74) is 0. The third-order valence-corrected chi connectivity index (χ3v) is 5.42. The molecule has 1 unspecified atom stereocenters. The van der Waals surface area contributed by atoms with Crippen LogP contribution in [0.3, 0.4) is 0 Å². The molecule has 0 saturated heterocycles. The highest BCUT2D eigenvalue weighted by molar-refractivity contribution is 7.99. The molecular weight excluding hydrogens is 326 g/mol. The van der Waals surface area contributed by atoms with Gasteiger partial charge in [-0.2, -0.15) is 0 Å². The lowest BCUT2D eigenvalue weighted by Crippen LogP contribution is -2.32. The second kappa shape index (κ2) is 9.72. The molecule has 0 heterocycles. The van der Waals surface area contributed by atoms with E-state index in [0.717, 1.165) is 35.1 Å². The molecule has 1 rings (SSSR count). The second-order valence-corrected chi connectivity index (χ2v) is 8.98. The lowest BCUT2D eigenvalue weighted by Gasteiger charge is -2.18. The summed E-state index contributed by atoms with van der Waals surface area (Å²) in [7, 11) is -2.87. The number of thioether (sulfide) groups is 1. The van der Waals surface area contributed by atoms with Gasteiger partial charge in [0.15, 0.2) is 0 Å². The van der Waals surface area contributed by atoms with Crippen molar-refractivity contribution in [3.63, 3.8) is 0 Å². The summed E-state index contributed by atoms with van der Waals surface area (Å²) in [6, 6.07) is 8.15. The maximum absolute atomic E-state index is 11.2. The fourth-order valence-corrected chi connectivity index (χ4v) is 3.95. The Morgan fingerprint density at radius 1 is 1.38 bits per heavy atom. The maximum atomic E-state index is 11.2. The van der Waals surface area contributed by atoms with Crippen LogP contribution in [-0.4, -0.2) is 38.8 Å². The first-order chi connectivity index (χ1) is 9.90. The van der Waals surface area contributed by atoms with Gasteiger partial charge in [0, 0.05) is 33.7 Å². The first kappa shape index (κ1) is 18.8. The summed E-state index contributed by atoms with van der Waals surface area (Å²) in [6.45, 7) is 3.09. The van der Waals surface area contributed by atoms with Crippen molar-refractivity contribution in [2.75, 3.05) is 24.3 Å². The van der Waals surface area contributed by atoms with Gasteiger partial charge in [-0.1, -0.05) is 24.6 Å². The van der Waals surface area contributed by atoms with Gasteiger partial charge >= 0.3 is 0 Å². The SMILES string of the molecule is CCCNC(CCCS(C)(=O)=O)CSc1cccc(Cl)c1. The monoisotopic (exact) mass is 349 g/mol. The molecule has 0 radical (unpaired) electrons. The van der Waals surface area contributed by atoms with Gasteiger partial charge in [-0.25, -0.2) is 8.42 Å². The third kappa shape index (κ3) is 9.40. The molecular formula is C15H24ClNO2S2. The number of hydrogen-bond acceptors (Lipinski definition) is 4. The molecule has 0 amide bonds. The molecule has 0 saturated carbocycles. The number of rotatable bonds is 10. The zero-order valence-corrected chi connectivity index (χ0v) is 15.0. The third-order valence-electron chi connectivity index (χ3n) is 3.00. The van der Waals surface area contributed by atoms with E-state index in [4.69, 9.17) is 11.6 Å². The summed E-state index contributed by atoms with van der Waals surface area (Å²) >= 11 is 7.74. The zero-order valence-electron chi connectivity index (χ0n) is 12.6. The average Bonchev–Trinajstić information content (AvgIpc) is 2.40. The summed E-state index contributed by atoms with van der Waals surface area (Å²) < 4.78 is 22.4. The molecule has 6 heteroatoms. The minimum atomic E-state index is -2.87. The Bertz CT molecular complexity index is 520. The summed E-state index contributed by atoms with van der Waals surface area (Å²) in [6.07, 6.45) is 3.95. The molecule has 0 fully saturated rings. The van der Waals surface area contributed by atoms with Crippen molar-refractivity contribution in [1.82, 2.24) is 5.32 Å². The Labute approximate surface area is 137 Å². The van der Waals surface area contributed by atoms with Crippen LogP contribution in [0.25, 0.3) is 0 Å². The van der Waals surface area contributed by atoms with Crippen LogP contribution >= 0.6 is 23.4 Å². The fraction of sp³-hybridized carbons (Fsp3) is 0.600. The molecule has 0 bridgehead atoms. The van der Waals surface area contributed by atoms with Gasteiger partial charge in [0.1, 0.15) is 9.84 Å². The van der Waals surface area contributed by atoms with Gasteiger partial charge in [-0.3, -0.25) is 0 Å². The predicted octanol–water partition coefficient (Wildman–Crippen LogP) is 3.63. The largest absolute Gasteiger partial charge is 0.313 e. The van der Waals surface area contributed by atoms with Crippen molar-refractivity contribution in [2.45, 2.75) is 37.1 Å². The van der Waals surface area contributed by atoms with E-state index in [2.05, 4.69) is 12.2 Å². The molecule has 120 valence electrons. The Hall–Kier alpha value is -0.230. The lowest BCUT2D eigenvalue weighted by molar-refractivity contribution is 0.512. The van der Waals surface area contributed by atoms with E-state index in [0.29, 0.717) is 12.5 Å². The van der Waals surface area contributed by atoms with Gasteiger partial charge in [-0.05, 0) is 44.0 Å². The van der Waals surface area contributed by atoms with Gasteiger partial charge in [0.2, 0.25) is 0 Å². The van der Waals surface area contributed by atoms with E-state index in [9.17, 15) is 8.42 Å². The average molecular weight is 350 g/mol. The van der Waals surface area contributed by atoms with Crippen molar-refractivity contribution in [2.24, 2.45) is 0 Å². The van der Waals surface area contributed by atoms with E-state index in [1.165, 1.54) is 6.26 Å². The topological polar surface area (TPSA) is 46.2 Å². The Balaban J connectivity index is 2.45. The minimum Gasteiger partial charge on any atom is -0.313 e. The molecule has 21 heavy (non-hydrogen) atoms. The second-order valence-electron chi connectivity index (χ2n) is 5.19. The molecule has 1 N–H and O–H groups in total. The summed E-state index contributed by atoms with van der Waals surface area (Å²) in [4.78, 5) is 1.15. The van der Waals surface area contributed by atoms with Gasteiger partial charge in [-0.15, -0.1) is 11.8 Å². The normalized spacial score (nSPS) is 13.3. The lowest BCUT2D eigenvalue weighted by atomic mass is 10.2. The quantitative estimate of drug-likeness (QED) is 0.655. The van der Waals surface area contributed by atoms with Gasteiger partial charge in [0.25, 0.3) is 0 Å². The molecule has 0 spiro atoms. The molecule has 0 aliphatic rings. The molecule has 0 aliphatic carbocycles. The number of hydrogen-bond donors (Lipinski definition) is 1. The van der Waals surface area contributed by atoms with Crippen LogP contribution in [0.15, 0.2) is 29.2 Å². The molecule has 0 aliphatic heterocycles. The highest BCUT2D eigenvalue weighted by Gasteiger charge is 2.10. The van der Waals surface area contributed by atoms with Crippen molar-refractivity contribution in [3.8, 4) is 0 Å². The Morgan fingerprint density at radius 3 is 2.76 bits per heavy atom. The van der Waals surface area contributed by atoms with Gasteiger partial charge in [0.05, 0.1) is 0 Å². The van der Waals surface area contributed by atoms with Crippen molar-refractivity contribution >= 4 is 33.2 Å². The zero-order chi connectivity index (χ0) is 15.7. The van der Waals surface area contributed by atoms with E-state index >= 15 is 0 Å². The van der Waals surface area contributed by atoms with Crippen LogP contribution < -0.4 is 5.32 Å². The number of nitrogens with one attached hydrogen (secondary N) is 1. The Kier molecular flexibility index (Phi) is 8.71. The number of sulfone groups is 1. The first-order valence-corrected chi connectivity index (χ1v) is 10.6. The van der Waals surface area contributed by atoms with Crippen LogP contribution in [0.5, 0.6) is 0 Å². The van der Waals surface area contributed by atoms with Crippen LogP contribution in [-0.2, 0) is 9.84 Å². The minimum absolute atomic E-state index is 0.263. The summed E-state index contributed by atoms with van der Waals surface area (Å²) in [5, 5.41) is 4.24. The Morgan fingerprint density at radius 2 is 2.14 bits per heavy atom. The van der Waals surface area contributed by atoms with Crippen LogP contribution in [0, 0.1) is 0 Å². The molecule has 1 aromatic rings. The van der Waals surface area contributed by atoms with E-state index in [1.54, 1.807) is 11.8 Å². The summed E-state index contributed by atoms with van der Waals surface area (Å²) in [5.74, 6) is 1.18. The highest BCUT2D eigenvalue weighted by atomic mass is 35.5. The van der Waals surface area contributed by atoms with Gasteiger partial charge < -0.3 is 5.32 Å². The van der Waals surface area contributed by atoms with E-state index < -0.39 is 9.84 Å².